The van der Waals surface area contributed by atoms with E-state index in [9.17, 15) is 9.59 Å². The van der Waals surface area contributed by atoms with E-state index in [-0.39, 0.29) is 17.1 Å². The molecule has 4 rings (SSSR count). The van der Waals surface area contributed by atoms with Gasteiger partial charge in [-0.3, -0.25) is 9.59 Å². The number of nitrogens with zero attached hydrogens (tertiary/aromatic N) is 2. The van der Waals surface area contributed by atoms with E-state index in [1.54, 1.807) is 11.0 Å². The number of carbonyl (C=O) groups excluding carboxylic acids is 1. The molecular weight excluding hydrogens is 468 g/mol. The third-order valence-corrected chi connectivity index (χ3v) is 7.07. The van der Waals surface area contributed by atoms with Crippen molar-refractivity contribution in [1.82, 2.24) is 9.80 Å². The average Bonchev–Trinajstić information content (AvgIpc) is 3.17. The van der Waals surface area contributed by atoms with Crippen molar-refractivity contribution in [3.05, 3.63) is 81.2 Å². The Morgan fingerprint density at radius 3 is 2.43 bits per heavy atom. The van der Waals surface area contributed by atoms with Crippen LogP contribution in [0.2, 0.25) is 0 Å². The van der Waals surface area contributed by atoms with Gasteiger partial charge in [-0.2, -0.15) is 0 Å². The smallest absolute Gasteiger partial charge is 0.290 e. The van der Waals surface area contributed by atoms with E-state index in [0.29, 0.717) is 54.3 Å². The Morgan fingerprint density at radius 1 is 1.03 bits per heavy atom. The van der Waals surface area contributed by atoms with Gasteiger partial charge in [0.15, 0.2) is 16.9 Å². The van der Waals surface area contributed by atoms with Crippen molar-refractivity contribution < 1.29 is 18.7 Å². The molecular formula is C30H36N2O5. The minimum absolute atomic E-state index is 0.121. The lowest BCUT2D eigenvalue weighted by Crippen LogP contribution is -2.37. The number of benzene rings is 2. The first-order chi connectivity index (χ1) is 17.8. The first-order valence-electron chi connectivity index (χ1n) is 13.0. The molecule has 0 saturated carbocycles. The van der Waals surface area contributed by atoms with Gasteiger partial charge in [0.2, 0.25) is 5.76 Å². The fourth-order valence-corrected chi connectivity index (χ4v) is 4.87. The highest BCUT2D eigenvalue weighted by Crippen LogP contribution is 2.41. The van der Waals surface area contributed by atoms with Gasteiger partial charge in [-0.05, 0) is 74.8 Å². The van der Waals surface area contributed by atoms with Crippen LogP contribution in [0.4, 0.5) is 0 Å². The lowest BCUT2D eigenvalue weighted by atomic mass is 9.97. The Balaban J connectivity index is 1.89. The van der Waals surface area contributed by atoms with Crippen LogP contribution in [-0.4, -0.2) is 55.1 Å². The number of amides is 1. The summed E-state index contributed by atoms with van der Waals surface area (Å²) in [6.45, 7) is 17.4. The molecule has 2 heterocycles. The van der Waals surface area contributed by atoms with E-state index in [0.717, 1.165) is 29.8 Å². The molecule has 196 valence electrons. The number of rotatable bonds is 11. The highest BCUT2D eigenvalue weighted by atomic mass is 16.5. The molecule has 0 aliphatic carbocycles. The molecule has 1 amide bonds. The predicted molar refractivity (Wildman–Crippen MR) is 146 cm³/mol. The Morgan fingerprint density at radius 2 is 1.76 bits per heavy atom. The third-order valence-electron chi connectivity index (χ3n) is 7.07. The third kappa shape index (κ3) is 5.01. The Hall–Kier alpha value is -3.58. The molecule has 2 aromatic carbocycles. The van der Waals surface area contributed by atoms with Crippen molar-refractivity contribution in [2.75, 3.05) is 39.4 Å². The largest absolute Gasteiger partial charge is 0.490 e. The van der Waals surface area contributed by atoms with Crippen molar-refractivity contribution in [2.45, 2.75) is 40.7 Å². The number of ether oxygens (including phenoxy) is 2. The van der Waals surface area contributed by atoms with Gasteiger partial charge in [0.1, 0.15) is 12.2 Å². The minimum atomic E-state index is -0.590. The predicted octanol–water partition coefficient (Wildman–Crippen LogP) is 5.26. The second-order valence-electron chi connectivity index (χ2n) is 9.27. The highest BCUT2D eigenvalue weighted by Gasteiger charge is 2.43. The van der Waals surface area contributed by atoms with Crippen molar-refractivity contribution in [3.8, 4) is 11.5 Å². The van der Waals surface area contributed by atoms with Gasteiger partial charge in [-0.25, -0.2) is 0 Å². The zero-order valence-corrected chi connectivity index (χ0v) is 22.4. The molecule has 1 aliphatic heterocycles. The summed E-state index contributed by atoms with van der Waals surface area (Å²) < 4.78 is 17.8. The zero-order chi connectivity index (χ0) is 26.7. The maximum Gasteiger partial charge on any atom is 0.290 e. The summed E-state index contributed by atoms with van der Waals surface area (Å²) in [5.41, 5.74) is 3.42. The minimum Gasteiger partial charge on any atom is -0.490 e. The zero-order valence-electron chi connectivity index (χ0n) is 22.4. The summed E-state index contributed by atoms with van der Waals surface area (Å²) in [6, 6.07) is 8.69. The van der Waals surface area contributed by atoms with Crippen molar-refractivity contribution in [2.24, 2.45) is 0 Å². The van der Waals surface area contributed by atoms with Gasteiger partial charge in [0.25, 0.3) is 5.91 Å². The SMILES string of the molecule is C=CCOc1ccc(C2c3c(oc4cc(C)c(C)cc4c3=O)C(=O)N2CCN(CC)CC)cc1OCC. The van der Waals surface area contributed by atoms with Crippen LogP contribution in [0.1, 0.15) is 59.6 Å². The molecule has 0 fully saturated rings. The number of hydrogen-bond donors (Lipinski definition) is 0. The van der Waals surface area contributed by atoms with E-state index in [1.165, 1.54) is 0 Å². The van der Waals surface area contributed by atoms with E-state index < -0.39 is 6.04 Å². The average molecular weight is 505 g/mol. The fraction of sp³-hybridized carbons (Fsp3) is 0.400. The van der Waals surface area contributed by atoms with Gasteiger partial charge in [-0.15, -0.1) is 0 Å². The summed E-state index contributed by atoms with van der Waals surface area (Å²) in [4.78, 5) is 31.7. The summed E-state index contributed by atoms with van der Waals surface area (Å²) in [7, 11) is 0. The standard InChI is InChI=1S/C30H36N2O5/c1-7-15-36-23-12-11-21(18-25(23)35-10-4)27-26-28(33)22-16-19(5)20(6)17-24(22)37-29(26)30(34)32(27)14-13-31(8-2)9-3/h7,11-12,16-18,27H,1,8-10,13-15H2,2-6H3. The number of carbonyl (C=O) groups is 1. The normalized spacial score (nSPS) is 14.9. The van der Waals surface area contributed by atoms with E-state index in [1.807, 2.05) is 51.1 Å². The number of hydrogen-bond acceptors (Lipinski definition) is 6. The number of aryl methyl sites for hydroxylation is 2. The fourth-order valence-electron chi connectivity index (χ4n) is 4.87. The molecule has 0 saturated heterocycles. The molecule has 7 nitrogen and oxygen atoms in total. The molecule has 1 atom stereocenters. The Bertz CT molecular complexity index is 1370. The highest BCUT2D eigenvalue weighted by molar-refractivity contribution is 5.99. The molecule has 37 heavy (non-hydrogen) atoms. The maximum atomic E-state index is 13.9. The van der Waals surface area contributed by atoms with E-state index in [2.05, 4.69) is 25.3 Å². The first kappa shape index (κ1) is 26.5. The summed E-state index contributed by atoms with van der Waals surface area (Å²) in [5.74, 6) is 0.994. The molecule has 0 radical (unpaired) electrons. The second-order valence-corrected chi connectivity index (χ2v) is 9.27. The molecule has 1 aromatic heterocycles. The van der Waals surface area contributed by atoms with Crippen LogP contribution in [0.25, 0.3) is 11.0 Å². The molecule has 0 bridgehead atoms. The van der Waals surface area contributed by atoms with E-state index >= 15 is 0 Å². The molecule has 1 unspecified atom stereocenters. The number of likely N-dealkylation sites (N-methyl/N-ethyl adjacent to an activating group) is 1. The Kier molecular flexibility index (Phi) is 8.03. The lowest BCUT2D eigenvalue weighted by Gasteiger charge is -2.28. The van der Waals surface area contributed by atoms with Crippen LogP contribution < -0.4 is 14.9 Å². The van der Waals surface area contributed by atoms with Gasteiger partial charge in [-0.1, -0.05) is 32.6 Å². The van der Waals surface area contributed by atoms with Crippen LogP contribution in [-0.2, 0) is 0 Å². The molecule has 0 N–H and O–H groups in total. The molecule has 1 aliphatic rings. The van der Waals surface area contributed by atoms with Crippen LogP contribution in [0, 0.1) is 13.8 Å². The van der Waals surface area contributed by atoms with Crippen LogP contribution in [0.15, 0.2) is 52.2 Å². The number of fused-ring (bicyclic) bond motifs is 2. The first-order valence-corrected chi connectivity index (χ1v) is 13.0. The molecule has 3 aromatic rings. The molecule has 7 heteroatoms. The molecule has 0 spiro atoms. The van der Waals surface area contributed by atoms with Crippen molar-refractivity contribution in [1.29, 1.82) is 0 Å². The second kappa shape index (κ2) is 11.2. The lowest BCUT2D eigenvalue weighted by molar-refractivity contribution is 0.0708. The maximum absolute atomic E-state index is 13.9. The van der Waals surface area contributed by atoms with Crippen molar-refractivity contribution >= 4 is 16.9 Å². The van der Waals surface area contributed by atoms with Gasteiger partial charge in [0.05, 0.1) is 23.6 Å². The van der Waals surface area contributed by atoms with Gasteiger partial charge < -0.3 is 23.7 Å². The Labute approximate surface area is 218 Å². The quantitative estimate of drug-likeness (QED) is 0.332. The van der Waals surface area contributed by atoms with Crippen LogP contribution in [0.3, 0.4) is 0 Å². The van der Waals surface area contributed by atoms with Gasteiger partial charge in [0, 0.05) is 13.1 Å². The van der Waals surface area contributed by atoms with Crippen LogP contribution >= 0.6 is 0 Å². The summed E-state index contributed by atoms with van der Waals surface area (Å²) in [6.07, 6.45) is 1.67. The summed E-state index contributed by atoms with van der Waals surface area (Å²) in [5, 5.41) is 0.487. The van der Waals surface area contributed by atoms with E-state index in [4.69, 9.17) is 13.9 Å². The summed E-state index contributed by atoms with van der Waals surface area (Å²) >= 11 is 0. The monoisotopic (exact) mass is 504 g/mol. The topological polar surface area (TPSA) is 72.2 Å². The van der Waals surface area contributed by atoms with Gasteiger partial charge >= 0.3 is 0 Å². The van der Waals surface area contributed by atoms with Crippen LogP contribution in [0.5, 0.6) is 11.5 Å². The van der Waals surface area contributed by atoms with Crippen molar-refractivity contribution in [3.63, 3.8) is 0 Å².